The van der Waals surface area contributed by atoms with Gasteiger partial charge in [0, 0.05) is 10.6 Å². The number of nitrogens with one attached hydrogen (secondary N) is 1. The number of hydrogen-bond donors (Lipinski definition) is 1. The Labute approximate surface area is 106 Å². The number of halogens is 1. The van der Waals surface area contributed by atoms with Crippen LogP contribution in [0.4, 0.5) is 4.39 Å². The van der Waals surface area contributed by atoms with Crippen LogP contribution in [0.15, 0.2) is 29.2 Å². The maximum Gasteiger partial charge on any atom is 0.124 e. The molecule has 0 radical (unpaired) electrons. The SMILES string of the molecule is CCNC(C)(C#N)CCSc1cccc(F)c1. The van der Waals surface area contributed by atoms with Gasteiger partial charge in [-0.25, -0.2) is 4.39 Å². The minimum atomic E-state index is -0.491. The van der Waals surface area contributed by atoms with E-state index in [1.165, 1.54) is 12.1 Å². The molecule has 0 saturated carbocycles. The molecule has 1 N–H and O–H groups in total. The van der Waals surface area contributed by atoms with Crippen molar-refractivity contribution in [3.05, 3.63) is 30.1 Å². The third kappa shape index (κ3) is 4.76. The second kappa shape index (κ2) is 6.63. The summed E-state index contributed by atoms with van der Waals surface area (Å²) in [6, 6.07) is 8.81. The van der Waals surface area contributed by atoms with E-state index in [9.17, 15) is 4.39 Å². The Kier molecular flexibility index (Phi) is 5.46. The molecule has 1 aromatic carbocycles. The van der Waals surface area contributed by atoms with Crippen molar-refractivity contribution >= 4 is 11.8 Å². The lowest BCUT2D eigenvalue weighted by Gasteiger charge is -2.21. The Morgan fingerprint density at radius 3 is 2.88 bits per heavy atom. The summed E-state index contributed by atoms with van der Waals surface area (Å²) in [6.07, 6.45) is 0.735. The maximum atomic E-state index is 12.9. The van der Waals surface area contributed by atoms with E-state index in [2.05, 4.69) is 11.4 Å². The van der Waals surface area contributed by atoms with Crippen LogP contribution in [-0.2, 0) is 0 Å². The summed E-state index contributed by atoms with van der Waals surface area (Å²) < 4.78 is 12.9. The highest BCUT2D eigenvalue weighted by atomic mass is 32.2. The van der Waals surface area contributed by atoms with Crippen LogP contribution in [0.5, 0.6) is 0 Å². The smallest absolute Gasteiger partial charge is 0.124 e. The zero-order chi connectivity index (χ0) is 12.7. The van der Waals surface area contributed by atoms with Gasteiger partial charge < -0.3 is 0 Å². The normalized spacial score (nSPS) is 14.0. The molecule has 0 spiro atoms. The van der Waals surface area contributed by atoms with Gasteiger partial charge in [0.15, 0.2) is 0 Å². The zero-order valence-electron chi connectivity index (χ0n) is 10.2. The Morgan fingerprint density at radius 1 is 1.53 bits per heavy atom. The summed E-state index contributed by atoms with van der Waals surface area (Å²) in [6.45, 7) is 4.65. The van der Waals surface area contributed by atoms with Gasteiger partial charge in [-0.15, -0.1) is 11.8 Å². The quantitative estimate of drug-likeness (QED) is 0.790. The maximum absolute atomic E-state index is 12.9. The van der Waals surface area contributed by atoms with Gasteiger partial charge in [-0.3, -0.25) is 5.32 Å². The summed E-state index contributed by atoms with van der Waals surface area (Å²) in [7, 11) is 0. The van der Waals surface area contributed by atoms with Crippen LogP contribution in [0, 0.1) is 17.1 Å². The largest absolute Gasteiger partial charge is 0.300 e. The van der Waals surface area contributed by atoms with E-state index in [4.69, 9.17) is 5.26 Å². The second-order valence-electron chi connectivity index (χ2n) is 4.03. The number of nitriles is 1. The van der Waals surface area contributed by atoms with Gasteiger partial charge in [-0.2, -0.15) is 5.26 Å². The van der Waals surface area contributed by atoms with E-state index in [0.717, 1.165) is 23.6 Å². The topological polar surface area (TPSA) is 35.8 Å². The fourth-order valence-electron chi connectivity index (χ4n) is 1.50. The number of thioether (sulfide) groups is 1. The van der Waals surface area contributed by atoms with Crippen molar-refractivity contribution in [3.63, 3.8) is 0 Å². The highest BCUT2D eigenvalue weighted by molar-refractivity contribution is 7.99. The molecule has 0 aliphatic heterocycles. The lowest BCUT2D eigenvalue weighted by atomic mass is 10.0. The standard InChI is InChI=1S/C13H17FN2S/c1-3-16-13(2,10-15)7-8-17-12-6-4-5-11(14)9-12/h4-6,9,16H,3,7-8H2,1-2H3. The average molecular weight is 252 g/mol. The number of nitrogens with zero attached hydrogens (tertiary/aromatic N) is 1. The van der Waals surface area contributed by atoms with Gasteiger partial charge >= 0.3 is 0 Å². The van der Waals surface area contributed by atoms with Crippen LogP contribution in [0.3, 0.4) is 0 Å². The van der Waals surface area contributed by atoms with Crippen molar-refractivity contribution in [1.29, 1.82) is 5.26 Å². The van der Waals surface area contributed by atoms with E-state index in [-0.39, 0.29) is 5.82 Å². The molecule has 1 rings (SSSR count). The molecule has 1 atom stereocenters. The third-order valence-corrected chi connectivity index (χ3v) is 3.48. The van der Waals surface area contributed by atoms with Crippen LogP contribution >= 0.6 is 11.8 Å². The summed E-state index contributed by atoms with van der Waals surface area (Å²) >= 11 is 1.57. The van der Waals surface area contributed by atoms with E-state index < -0.39 is 5.54 Å². The van der Waals surface area contributed by atoms with Crippen LogP contribution in [-0.4, -0.2) is 17.8 Å². The Morgan fingerprint density at radius 2 is 2.29 bits per heavy atom. The van der Waals surface area contributed by atoms with Gasteiger partial charge in [0.05, 0.1) is 6.07 Å². The molecule has 0 heterocycles. The Bertz CT molecular complexity index is 403. The first-order valence-corrected chi connectivity index (χ1v) is 6.63. The molecule has 17 heavy (non-hydrogen) atoms. The molecule has 0 fully saturated rings. The molecule has 92 valence electrons. The van der Waals surface area contributed by atoms with E-state index >= 15 is 0 Å². The summed E-state index contributed by atoms with van der Waals surface area (Å²) in [5, 5.41) is 12.2. The summed E-state index contributed by atoms with van der Waals surface area (Å²) in [5.41, 5.74) is -0.491. The summed E-state index contributed by atoms with van der Waals surface area (Å²) in [4.78, 5) is 0.904. The zero-order valence-corrected chi connectivity index (χ0v) is 11.0. The molecule has 1 aromatic rings. The first-order valence-electron chi connectivity index (χ1n) is 5.64. The van der Waals surface area contributed by atoms with Crippen molar-refractivity contribution < 1.29 is 4.39 Å². The minimum Gasteiger partial charge on any atom is -0.300 e. The Hall–Kier alpha value is -1.05. The molecule has 0 saturated heterocycles. The fraction of sp³-hybridized carbons (Fsp3) is 0.462. The lowest BCUT2D eigenvalue weighted by molar-refractivity contribution is 0.450. The molecular formula is C13H17FN2S. The predicted octanol–water partition coefficient (Wildman–Crippen LogP) is 3.20. The van der Waals surface area contributed by atoms with Crippen LogP contribution in [0.25, 0.3) is 0 Å². The fourth-order valence-corrected chi connectivity index (χ4v) is 2.62. The number of hydrogen-bond acceptors (Lipinski definition) is 3. The number of rotatable bonds is 6. The van der Waals surface area contributed by atoms with Crippen molar-refractivity contribution in [1.82, 2.24) is 5.32 Å². The van der Waals surface area contributed by atoms with Gasteiger partial charge in [-0.05, 0) is 38.1 Å². The third-order valence-electron chi connectivity index (χ3n) is 2.48. The monoisotopic (exact) mass is 252 g/mol. The molecule has 0 aliphatic rings. The first-order chi connectivity index (χ1) is 8.09. The molecule has 2 nitrogen and oxygen atoms in total. The molecule has 0 aromatic heterocycles. The molecule has 0 amide bonds. The number of benzene rings is 1. The average Bonchev–Trinajstić information content (AvgIpc) is 2.29. The summed E-state index contributed by atoms with van der Waals surface area (Å²) in [5.74, 6) is 0.574. The van der Waals surface area contributed by atoms with Crippen molar-refractivity contribution in [3.8, 4) is 6.07 Å². The van der Waals surface area contributed by atoms with Crippen molar-refractivity contribution in [2.45, 2.75) is 30.7 Å². The van der Waals surface area contributed by atoms with Crippen molar-refractivity contribution in [2.75, 3.05) is 12.3 Å². The Balaban J connectivity index is 2.44. The second-order valence-corrected chi connectivity index (χ2v) is 5.20. The van der Waals surface area contributed by atoms with E-state index in [1.54, 1.807) is 17.8 Å². The highest BCUT2D eigenvalue weighted by Gasteiger charge is 2.21. The van der Waals surface area contributed by atoms with Crippen LogP contribution < -0.4 is 5.32 Å². The van der Waals surface area contributed by atoms with Gasteiger partial charge in [-0.1, -0.05) is 13.0 Å². The molecule has 1 unspecified atom stereocenters. The van der Waals surface area contributed by atoms with E-state index in [1.807, 2.05) is 19.9 Å². The van der Waals surface area contributed by atoms with Crippen LogP contribution in [0.2, 0.25) is 0 Å². The molecular weight excluding hydrogens is 235 g/mol. The van der Waals surface area contributed by atoms with Crippen molar-refractivity contribution in [2.24, 2.45) is 0 Å². The molecule has 4 heteroatoms. The van der Waals surface area contributed by atoms with Gasteiger partial charge in [0.2, 0.25) is 0 Å². The molecule has 0 bridgehead atoms. The van der Waals surface area contributed by atoms with E-state index in [0.29, 0.717) is 0 Å². The molecule has 0 aliphatic carbocycles. The van der Waals surface area contributed by atoms with Crippen LogP contribution in [0.1, 0.15) is 20.3 Å². The van der Waals surface area contributed by atoms with Gasteiger partial charge in [0.25, 0.3) is 0 Å². The van der Waals surface area contributed by atoms with Gasteiger partial charge in [0.1, 0.15) is 11.4 Å². The minimum absolute atomic E-state index is 0.218. The predicted molar refractivity (Wildman–Crippen MR) is 69.4 cm³/mol. The highest BCUT2D eigenvalue weighted by Crippen LogP contribution is 2.22. The first kappa shape index (κ1) is 14.0. The lowest BCUT2D eigenvalue weighted by Crippen LogP contribution is -2.41.